The zero-order valence-electron chi connectivity index (χ0n) is 3.26. The second-order valence-corrected chi connectivity index (χ2v) is 1.36. The van der Waals surface area contributed by atoms with Gasteiger partial charge >= 0.3 is 6.03 Å². The average Bonchev–Trinajstić information content (AvgIpc) is 1.87. The molecule has 7 heavy (non-hydrogen) atoms. The fraction of sp³-hybridized carbons (Fsp3) is 0. The van der Waals surface area contributed by atoms with Gasteiger partial charge in [0.15, 0.2) is 5.17 Å². The molecule has 1 heterocycles. The Bertz CT molecular complexity index is 160. The minimum absolute atomic E-state index is 0.157. The van der Waals surface area contributed by atoms with Crippen molar-refractivity contribution in [3.8, 4) is 0 Å². The lowest BCUT2D eigenvalue weighted by Gasteiger charge is -1.65. The van der Waals surface area contributed by atoms with Gasteiger partial charge in [0.1, 0.15) is 0 Å². The van der Waals surface area contributed by atoms with Gasteiger partial charge in [-0.3, -0.25) is 0 Å². The van der Waals surface area contributed by atoms with Crippen LogP contribution in [0.25, 0.3) is 0 Å². The van der Waals surface area contributed by atoms with E-state index in [0.717, 1.165) is 0 Å². The molecule has 1 rings (SSSR count). The van der Waals surface area contributed by atoms with Crippen LogP contribution in [0.2, 0.25) is 0 Å². The summed E-state index contributed by atoms with van der Waals surface area (Å²) in [5, 5.41) is 0.157. The molecule has 0 saturated carbocycles. The molecule has 1 aliphatic heterocycles. The number of hydrogen-bond donors (Lipinski definition) is 0. The third-order valence-corrected chi connectivity index (χ3v) is 0.666. The molecule has 0 saturated heterocycles. The smallest absolute Gasteiger partial charge is 0.244 e. The molecule has 0 aromatic heterocycles. The number of halogens is 1. The summed E-state index contributed by atoms with van der Waals surface area (Å²) in [6, 6.07) is -0.523. The summed E-state index contributed by atoms with van der Waals surface area (Å²) in [7, 11) is 0. The topological polar surface area (TPSA) is 41.8 Å². The van der Waals surface area contributed by atoms with Crippen molar-refractivity contribution < 1.29 is 4.79 Å². The summed E-state index contributed by atoms with van der Waals surface area (Å²) in [4.78, 5) is 16.4. The van der Waals surface area contributed by atoms with E-state index < -0.39 is 6.03 Å². The summed E-state index contributed by atoms with van der Waals surface area (Å²) >= 11 is 5.19. The van der Waals surface area contributed by atoms with Gasteiger partial charge in [-0.1, -0.05) is 11.6 Å². The third-order valence-electron chi connectivity index (χ3n) is 0.484. The van der Waals surface area contributed by atoms with E-state index in [0.29, 0.717) is 0 Å². The molecular weight excluding hydrogens is 115 g/mol. The Hall–Kier alpha value is -0.700. The van der Waals surface area contributed by atoms with Crippen molar-refractivity contribution in [3.05, 3.63) is 0 Å². The van der Waals surface area contributed by atoms with E-state index in [1.54, 1.807) is 0 Å². The Morgan fingerprint density at radius 2 is 2.43 bits per heavy atom. The fourth-order valence-electron chi connectivity index (χ4n) is 0.258. The van der Waals surface area contributed by atoms with Crippen LogP contribution in [-0.4, -0.2) is 17.4 Å². The quantitative estimate of drug-likeness (QED) is 0.462. The van der Waals surface area contributed by atoms with E-state index in [-0.39, 0.29) is 5.17 Å². The molecule has 0 radical (unpaired) electrons. The standard InChI is InChI=1S/C3HClN2O/c4-2-1-5-3(7)6-2/h1H. The van der Waals surface area contributed by atoms with Crippen LogP contribution < -0.4 is 0 Å². The highest BCUT2D eigenvalue weighted by atomic mass is 35.5. The molecule has 0 bridgehead atoms. The molecule has 0 N–H and O–H groups in total. The molecule has 0 unspecified atom stereocenters. The van der Waals surface area contributed by atoms with Crippen molar-refractivity contribution in [2.75, 3.05) is 0 Å². The first-order valence-corrected chi connectivity index (χ1v) is 1.99. The summed E-state index contributed by atoms with van der Waals surface area (Å²) in [6.07, 6.45) is 1.21. The molecule has 2 amide bonds. The monoisotopic (exact) mass is 116 g/mol. The third kappa shape index (κ3) is 0.838. The first-order valence-electron chi connectivity index (χ1n) is 1.61. The largest absolute Gasteiger partial charge is 0.368 e. The van der Waals surface area contributed by atoms with Crippen LogP contribution in [0.4, 0.5) is 4.79 Å². The van der Waals surface area contributed by atoms with E-state index in [2.05, 4.69) is 9.98 Å². The molecule has 0 aliphatic carbocycles. The van der Waals surface area contributed by atoms with Crippen molar-refractivity contribution in [3.63, 3.8) is 0 Å². The highest BCUT2D eigenvalue weighted by molar-refractivity contribution is 6.81. The van der Waals surface area contributed by atoms with E-state index in [1.807, 2.05) is 0 Å². The molecule has 0 aromatic carbocycles. The number of carbonyl (C=O) groups is 1. The number of urea groups is 1. The van der Waals surface area contributed by atoms with Gasteiger partial charge in [-0.25, -0.2) is 4.79 Å². The highest BCUT2D eigenvalue weighted by Crippen LogP contribution is 1.93. The molecule has 0 fully saturated rings. The number of rotatable bonds is 0. The van der Waals surface area contributed by atoms with Gasteiger partial charge in [-0.05, 0) is 0 Å². The van der Waals surface area contributed by atoms with Gasteiger partial charge in [0.25, 0.3) is 0 Å². The molecule has 1 aliphatic rings. The number of aliphatic imine (C=N–C) groups is 2. The predicted molar refractivity (Wildman–Crippen MR) is 27.2 cm³/mol. The minimum Gasteiger partial charge on any atom is -0.244 e. The second kappa shape index (κ2) is 1.42. The lowest BCUT2D eigenvalue weighted by molar-refractivity contribution is 0.257. The molecule has 4 heteroatoms. The minimum atomic E-state index is -0.523. The van der Waals surface area contributed by atoms with Crippen molar-refractivity contribution in [2.45, 2.75) is 0 Å². The van der Waals surface area contributed by atoms with Crippen molar-refractivity contribution in [1.82, 2.24) is 0 Å². The summed E-state index contributed by atoms with van der Waals surface area (Å²) in [6.45, 7) is 0. The number of nitrogens with zero attached hydrogens (tertiary/aromatic N) is 2. The summed E-state index contributed by atoms with van der Waals surface area (Å²) in [5.41, 5.74) is 0. The molecule has 3 nitrogen and oxygen atoms in total. The van der Waals surface area contributed by atoms with Crippen molar-refractivity contribution >= 4 is 29.0 Å². The van der Waals surface area contributed by atoms with Gasteiger partial charge in [-0.2, -0.15) is 9.98 Å². The Balaban J connectivity index is 2.88. The number of amides is 2. The lowest BCUT2D eigenvalue weighted by Crippen LogP contribution is -1.78. The number of hydrogen-bond acceptors (Lipinski definition) is 1. The van der Waals surface area contributed by atoms with Crippen LogP contribution in [0.1, 0.15) is 0 Å². The Kier molecular flexibility index (Phi) is 0.906. The van der Waals surface area contributed by atoms with E-state index in [1.165, 1.54) is 6.21 Å². The van der Waals surface area contributed by atoms with Gasteiger partial charge in [-0.15, -0.1) is 0 Å². The Labute approximate surface area is 44.7 Å². The maximum Gasteiger partial charge on any atom is 0.368 e. The van der Waals surface area contributed by atoms with Crippen LogP contribution in [0, 0.1) is 0 Å². The van der Waals surface area contributed by atoms with Crippen LogP contribution in [-0.2, 0) is 0 Å². The highest BCUT2D eigenvalue weighted by Gasteiger charge is 2.02. The van der Waals surface area contributed by atoms with Crippen LogP contribution in [0.15, 0.2) is 9.98 Å². The molecule has 0 spiro atoms. The molecular formula is C3HClN2O. The first-order chi connectivity index (χ1) is 3.29. The van der Waals surface area contributed by atoms with Gasteiger partial charge in [0.2, 0.25) is 0 Å². The molecule has 0 aromatic rings. The zero-order valence-corrected chi connectivity index (χ0v) is 4.01. The van der Waals surface area contributed by atoms with Crippen LogP contribution >= 0.6 is 11.6 Å². The second-order valence-electron chi connectivity index (χ2n) is 0.975. The van der Waals surface area contributed by atoms with Gasteiger partial charge in [0, 0.05) is 0 Å². The summed E-state index contributed by atoms with van der Waals surface area (Å²) in [5.74, 6) is 0. The zero-order chi connectivity index (χ0) is 5.28. The summed E-state index contributed by atoms with van der Waals surface area (Å²) < 4.78 is 0. The van der Waals surface area contributed by atoms with Gasteiger partial charge in [0.05, 0.1) is 6.21 Å². The fourth-order valence-corrected chi connectivity index (χ4v) is 0.379. The van der Waals surface area contributed by atoms with Crippen molar-refractivity contribution in [2.24, 2.45) is 9.98 Å². The SMILES string of the molecule is O=C1N=CC(Cl)=N1. The number of carbonyl (C=O) groups excluding carboxylic acids is 1. The molecule has 0 atom stereocenters. The average molecular weight is 117 g/mol. The predicted octanol–water partition coefficient (Wildman–Crippen LogP) is 0.828. The lowest BCUT2D eigenvalue weighted by atomic mass is 10.8. The van der Waals surface area contributed by atoms with E-state index in [4.69, 9.17) is 11.6 Å². The van der Waals surface area contributed by atoms with Crippen LogP contribution in [0.3, 0.4) is 0 Å². The van der Waals surface area contributed by atoms with Crippen LogP contribution in [0.5, 0.6) is 0 Å². The molecule has 36 valence electrons. The van der Waals surface area contributed by atoms with Crippen molar-refractivity contribution in [1.29, 1.82) is 0 Å². The Morgan fingerprint density at radius 1 is 1.71 bits per heavy atom. The maximum absolute atomic E-state index is 9.98. The Morgan fingerprint density at radius 3 is 2.57 bits per heavy atom. The van der Waals surface area contributed by atoms with Gasteiger partial charge < -0.3 is 0 Å². The van der Waals surface area contributed by atoms with E-state index in [9.17, 15) is 4.79 Å². The maximum atomic E-state index is 9.98. The normalized spacial score (nSPS) is 17.9. The first kappa shape index (κ1) is 4.46. The van der Waals surface area contributed by atoms with E-state index >= 15 is 0 Å².